The third-order valence-corrected chi connectivity index (χ3v) is 7.80. The van der Waals surface area contributed by atoms with Crippen molar-refractivity contribution in [3.05, 3.63) is 114 Å². The molecule has 0 fully saturated rings. The van der Waals surface area contributed by atoms with E-state index in [1.54, 1.807) is 48.9 Å². The number of ether oxygens (including phenoxy) is 3. The predicted molar refractivity (Wildman–Crippen MR) is 149 cm³/mol. The van der Waals surface area contributed by atoms with Crippen LogP contribution in [-0.2, 0) is 4.79 Å². The minimum Gasteiger partial charge on any atom is -0.497 e. The second-order valence-corrected chi connectivity index (χ2v) is 10.3. The Balaban J connectivity index is 1.52. The van der Waals surface area contributed by atoms with E-state index in [9.17, 15) is 9.59 Å². The van der Waals surface area contributed by atoms with E-state index in [0.29, 0.717) is 54.1 Å². The summed E-state index contributed by atoms with van der Waals surface area (Å²) in [5.41, 5.74) is 2.56. The van der Waals surface area contributed by atoms with Gasteiger partial charge in [0.25, 0.3) is 11.5 Å². The van der Waals surface area contributed by atoms with Crippen LogP contribution in [0.1, 0.15) is 24.1 Å². The third kappa shape index (κ3) is 4.60. The van der Waals surface area contributed by atoms with Crippen LogP contribution in [0.2, 0.25) is 5.02 Å². The molecule has 0 radical (unpaired) electrons. The van der Waals surface area contributed by atoms with Gasteiger partial charge >= 0.3 is 0 Å². The topological polar surface area (TPSA) is 91.2 Å². The summed E-state index contributed by atoms with van der Waals surface area (Å²) in [6.45, 7) is 1.89. The largest absolute Gasteiger partial charge is 0.497 e. The van der Waals surface area contributed by atoms with Crippen molar-refractivity contribution < 1.29 is 19.0 Å². The standard InChI is InChI=1S/C29H22ClN3O5S/c1-16-25(27(34)32-19-8-4-3-5-9-19)26(17-7-6-10-20(11-17)36-2)33-28(35)24(39-29(33)31-16)13-18-12-22-23(14-21(18)30)38-15-37-22/h3-14,26H,15H2,1-2H3,(H,32,34)/b24-13+. The normalized spacial score (nSPS) is 16.1. The first kappa shape index (κ1) is 25.0. The summed E-state index contributed by atoms with van der Waals surface area (Å²) < 4.78 is 18.3. The fourth-order valence-electron chi connectivity index (χ4n) is 4.64. The predicted octanol–water partition coefficient (Wildman–Crippen LogP) is 4.26. The van der Waals surface area contributed by atoms with Crippen molar-refractivity contribution in [2.24, 2.45) is 4.99 Å². The molecule has 0 saturated heterocycles. The maximum absolute atomic E-state index is 13.9. The molecule has 10 heteroatoms. The fourth-order valence-corrected chi connectivity index (χ4v) is 5.89. The molecule has 2 aliphatic rings. The zero-order chi connectivity index (χ0) is 27.1. The number of halogens is 1. The lowest BCUT2D eigenvalue weighted by molar-refractivity contribution is -0.113. The highest BCUT2D eigenvalue weighted by molar-refractivity contribution is 7.07. The van der Waals surface area contributed by atoms with E-state index in [1.807, 2.05) is 42.5 Å². The number of fused-ring (bicyclic) bond motifs is 2. The van der Waals surface area contributed by atoms with Crippen LogP contribution in [0.4, 0.5) is 5.69 Å². The number of nitrogens with one attached hydrogen (secondary N) is 1. The van der Waals surface area contributed by atoms with Crippen LogP contribution in [0.25, 0.3) is 6.08 Å². The highest BCUT2D eigenvalue weighted by atomic mass is 35.5. The van der Waals surface area contributed by atoms with Crippen LogP contribution in [0.5, 0.6) is 17.2 Å². The average molecular weight is 560 g/mol. The molecular weight excluding hydrogens is 538 g/mol. The number of aromatic nitrogens is 1. The Morgan fingerprint density at radius 2 is 1.90 bits per heavy atom. The van der Waals surface area contributed by atoms with Gasteiger partial charge in [-0.2, -0.15) is 0 Å². The van der Waals surface area contributed by atoms with E-state index in [0.717, 1.165) is 5.56 Å². The molecule has 1 N–H and O–H groups in total. The molecule has 3 aromatic carbocycles. The lowest BCUT2D eigenvalue weighted by atomic mass is 9.95. The molecule has 6 rings (SSSR count). The SMILES string of the molecule is COc1cccc(C2C(C(=O)Nc3ccccc3)=C(C)N=c3s/c(=C/c4cc5c(cc4Cl)OCO5)c(=O)n32)c1. The summed E-state index contributed by atoms with van der Waals surface area (Å²) in [5.74, 6) is 1.38. The zero-order valence-corrected chi connectivity index (χ0v) is 22.5. The Kier molecular flexibility index (Phi) is 6.46. The van der Waals surface area contributed by atoms with Crippen LogP contribution < -0.4 is 34.4 Å². The number of thiazole rings is 1. The van der Waals surface area contributed by atoms with E-state index < -0.39 is 6.04 Å². The number of benzene rings is 3. The molecule has 0 aliphatic carbocycles. The van der Waals surface area contributed by atoms with Crippen LogP contribution in [0.15, 0.2) is 87.8 Å². The first-order valence-corrected chi connectivity index (χ1v) is 13.2. The van der Waals surface area contributed by atoms with Gasteiger partial charge in [-0.25, -0.2) is 4.99 Å². The van der Waals surface area contributed by atoms with Gasteiger partial charge in [-0.3, -0.25) is 14.2 Å². The minimum atomic E-state index is -0.727. The molecule has 8 nitrogen and oxygen atoms in total. The van der Waals surface area contributed by atoms with Crippen LogP contribution in [0, 0.1) is 0 Å². The minimum absolute atomic E-state index is 0.116. The molecular formula is C29H22ClN3O5S. The highest BCUT2D eigenvalue weighted by Crippen LogP contribution is 2.37. The van der Waals surface area contributed by atoms with Gasteiger partial charge in [0.15, 0.2) is 16.3 Å². The second-order valence-electron chi connectivity index (χ2n) is 8.91. The molecule has 2 aliphatic heterocycles. The quantitative estimate of drug-likeness (QED) is 0.394. The number of para-hydroxylation sites is 1. The van der Waals surface area contributed by atoms with E-state index >= 15 is 0 Å². The maximum Gasteiger partial charge on any atom is 0.271 e. The molecule has 1 amide bonds. The molecule has 1 unspecified atom stereocenters. The number of carbonyl (C=O) groups excluding carboxylic acids is 1. The van der Waals surface area contributed by atoms with Gasteiger partial charge in [0.2, 0.25) is 6.79 Å². The van der Waals surface area contributed by atoms with Crippen molar-refractivity contribution in [3.63, 3.8) is 0 Å². The second kappa shape index (κ2) is 10.1. The number of anilines is 1. The first-order valence-electron chi connectivity index (χ1n) is 12.0. The number of rotatable bonds is 5. The maximum atomic E-state index is 13.9. The van der Waals surface area contributed by atoms with Crippen molar-refractivity contribution in [1.29, 1.82) is 0 Å². The third-order valence-electron chi connectivity index (χ3n) is 6.49. The Morgan fingerprint density at radius 3 is 2.67 bits per heavy atom. The summed E-state index contributed by atoms with van der Waals surface area (Å²) in [6.07, 6.45) is 1.71. The monoisotopic (exact) mass is 559 g/mol. The van der Waals surface area contributed by atoms with Gasteiger partial charge in [0.05, 0.1) is 34.0 Å². The lowest BCUT2D eigenvalue weighted by Gasteiger charge is -2.25. The number of hydrogen-bond acceptors (Lipinski definition) is 7. The van der Waals surface area contributed by atoms with E-state index in [4.69, 9.17) is 25.8 Å². The Labute approximate surface area is 232 Å². The van der Waals surface area contributed by atoms with Crippen LogP contribution in [-0.4, -0.2) is 24.4 Å². The molecule has 4 aromatic rings. The number of allylic oxidation sites excluding steroid dienone is 1. The number of amides is 1. The average Bonchev–Trinajstić information content (AvgIpc) is 3.51. The van der Waals surface area contributed by atoms with Crippen molar-refractivity contribution in [2.45, 2.75) is 13.0 Å². The molecule has 0 bridgehead atoms. The van der Waals surface area contributed by atoms with Crippen molar-refractivity contribution in [2.75, 3.05) is 19.2 Å². The Hall–Kier alpha value is -4.34. The Morgan fingerprint density at radius 1 is 1.13 bits per heavy atom. The molecule has 196 valence electrons. The smallest absolute Gasteiger partial charge is 0.271 e. The van der Waals surface area contributed by atoms with Crippen LogP contribution >= 0.6 is 22.9 Å². The summed E-state index contributed by atoms with van der Waals surface area (Å²) in [5, 5.41) is 3.37. The summed E-state index contributed by atoms with van der Waals surface area (Å²) in [4.78, 5) is 32.8. The number of methoxy groups -OCH3 is 1. The summed E-state index contributed by atoms with van der Waals surface area (Å²) in [6, 6.07) is 19.2. The van der Waals surface area contributed by atoms with Gasteiger partial charge in [0, 0.05) is 11.8 Å². The zero-order valence-electron chi connectivity index (χ0n) is 20.9. The van der Waals surface area contributed by atoms with Crippen molar-refractivity contribution in [1.82, 2.24) is 4.57 Å². The first-order chi connectivity index (χ1) is 18.9. The van der Waals surface area contributed by atoms with Crippen LogP contribution in [0.3, 0.4) is 0 Å². The Bertz CT molecular complexity index is 1830. The number of hydrogen-bond donors (Lipinski definition) is 1. The van der Waals surface area contributed by atoms with Crippen molar-refractivity contribution in [3.8, 4) is 17.2 Å². The summed E-state index contributed by atoms with van der Waals surface area (Å²) >= 11 is 7.72. The molecule has 0 saturated carbocycles. The lowest BCUT2D eigenvalue weighted by Crippen LogP contribution is -2.40. The van der Waals surface area contributed by atoms with Gasteiger partial charge in [-0.15, -0.1) is 0 Å². The molecule has 1 aromatic heterocycles. The van der Waals surface area contributed by atoms with Gasteiger partial charge in [-0.05, 0) is 54.5 Å². The fraction of sp³-hybridized carbons (Fsp3) is 0.138. The van der Waals surface area contributed by atoms with Gasteiger partial charge in [-0.1, -0.05) is 53.3 Å². The molecule has 0 spiro atoms. The van der Waals surface area contributed by atoms with Gasteiger partial charge < -0.3 is 19.5 Å². The molecule has 3 heterocycles. The van der Waals surface area contributed by atoms with Crippen molar-refractivity contribution >= 4 is 40.6 Å². The van der Waals surface area contributed by atoms with E-state index in [-0.39, 0.29) is 18.3 Å². The van der Waals surface area contributed by atoms with Gasteiger partial charge in [0.1, 0.15) is 5.75 Å². The number of carbonyl (C=O) groups is 1. The summed E-state index contributed by atoms with van der Waals surface area (Å²) in [7, 11) is 1.57. The molecule has 1 atom stereocenters. The highest BCUT2D eigenvalue weighted by Gasteiger charge is 2.33. The molecule has 39 heavy (non-hydrogen) atoms. The van der Waals surface area contributed by atoms with E-state index in [1.165, 1.54) is 11.3 Å². The number of nitrogens with zero attached hydrogens (tertiary/aromatic N) is 2. The van der Waals surface area contributed by atoms with E-state index in [2.05, 4.69) is 10.3 Å².